The Labute approximate surface area is 168 Å². The van der Waals surface area contributed by atoms with Crippen molar-refractivity contribution in [1.29, 1.82) is 0 Å². The van der Waals surface area contributed by atoms with E-state index < -0.39 is 11.9 Å². The van der Waals surface area contributed by atoms with Crippen LogP contribution in [0.1, 0.15) is 25.0 Å². The smallest absolute Gasteiger partial charge is 0.414 e. The number of anilines is 2. The fourth-order valence-electron chi connectivity index (χ4n) is 2.90. The molecule has 2 heterocycles. The molecule has 1 fully saturated rings. The van der Waals surface area contributed by atoms with Gasteiger partial charge in [-0.2, -0.15) is 0 Å². The summed E-state index contributed by atoms with van der Waals surface area (Å²) in [6, 6.07) is 11.8. The molecule has 4 N–H and O–H groups in total. The summed E-state index contributed by atoms with van der Waals surface area (Å²) in [5.41, 5.74) is 2.01. The van der Waals surface area contributed by atoms with Gasteiger partial charge in [-0.25, -0.2) is 9.59 Å². The molecule has 1 aromatic heterocycles. The van der Waals surface area contributed by atoms with E-state index in [1.807, 2.05) is 30.3 Å². The Morgan fingerprint density at radius 1 is 0.966 bits per heavy atom. The van der Waals surface area contributed by atoms with Crippen LogP contribution >= 0.6 is 0 Å². The maximum Gasteiger partial charge on any atom is 0.414 e. The molecule has 156 valence electrons. The Morgan fingerprint density at radius 2 is 1.66 bits per heavy atom. The van der Waals surface area contributed by atoms with Gasteiger partial charge in [0.15, 0.2) is 0 Å². The Hall–Kier alpha value is -3.33. The molecule has 0 atom stereocenters. The average molecular weight is 403 g/mol. The van der Waals surface area contributed by atoms with Crippen molar-refractivity contribution >= 4 is 29.2 Å². The summed E-state index contributed by atoms with van der Waals surface area (Å²) in [5.74, 6) is -2.86. The van der Waals surface area contributed by atoms with Crippen LogP contribution in [0, 0.1) is 0 Å². The summed E-state index contributed by atoms with van der Waals surface area (Å²) < 4.78 is 5.23. The molecule has 1 amide bonds. The number of carbonyl (C=O) groups is 3. The van der Waals surface area contributed by atoms with E-state index in [4.69, 9.17) is 24.2 Å². The van der Waals surface area contributed by atoms with Gasteiger partial charge in [0, 0.05) is 13.1 Å². The Balaban J connectivity index is 0.000000438. The molecular weight excluding hydrogens is 378 g/mol. The lowest BCUT2D eigenvalue weighted by Crippen LogP contribution is -2.32. The number of carboxylic acids is 2. The van der Waals surface area contributed by atoms with Crippen LogP contribution in [0.15, 0.2) is 47.1 Å². The number of nitrogens with zero attached hydrogens (tertiary/aromatic N) is 1. The maximum absolute atomic E-state index is 12.2. The standard InChI is InChI=1S/C18H23N3O2.C2H2O4/c22-18(14-19-13-15-7-6-12-23-15)20-16-8-2-3-9-17(16)21-10-4-1-5-11-21;3-1(4)2(5)6/h2-3,6-9,12,19H,1,4-5,10-11,13-14H2,(H,20,22);(H,3,4)(H,5,6). The first kappa shape index (κ1) is 22.0. The number of nitrogens with one attached hydrogen (secondary N) is 2. The number of carboxylic acid groups (broad SMARTS) is 2. The molecule has 0 spiro atoms. The van der Waals surface area contributed by atoms with Crippen molar-refractivity contribution in [2.75, 3.05) is 29.9 Å². The molecule has 1 aliphatic rings. The molecule has 1 aromatic carbocycles. The van der Waals surface area contributed by atoms with Crippen molar-refractivity contribution in [2.24, 2.45) is 0 Å². The normalized spacial score (nSPS) is 13.2. The number of para-hydroxylation sites is 2. The zero-order valence-corrected chi connectivity index (χ0v) is 16.0. The van der Waals surface area contributed by atoms with Gasteiger partial charge in [0.05, 0.1) is 30.7 Å². The second-order valence-corrected chi connectivity index (χ2v) is 6.41. The van der Waals surface area contributed by atoms with Crippen LogP contribution < -0.4 is 15.5 Å². The highest BCUT2D eigenvalue weighted by Gasteiger charge is 2.15. The second-order valence-electron chi connectivity index (χ2n) is 6.41. The van der Waals surface area contributed by atoms with Crippen molar-refractivity contribution in [2.45, 2.75) is 25.8 Å². The molecule has 29 heavy (non-hydrogen) atoms. The van der Waals surface area contributed by atoms with Gasteiger partial charge < -0.3 is 30.2 Å². The van der Waals surface area contributed by atoms with E-state index in [0.29, 0.717) is 6.54 Å². The fourth-order valence-corrected chi connectivity index (χ4v) is 2.90. The van der Waals surface area contributed by atoms with E-state index in [-0.39, 0.29) is 12.5 Å². The predicted octanol–water partition coefficient (Wildman–Crippen LogP) is 2.15. The van der Waals surface area contributed by atoms with Crippen molar-refractivity contribution in [3.8, 4) is 0 Å². The van der Waals surface area contributed by atoms with Crippen LogP contribution in [0.5, 0.6) is 0 Å². The lowest BCUT2D eigenvalue weighted by atomic mass is 10.1. The topological polar surface area (TPSA) is 132 Å². The summed E-state index contributed by atoms with van der Waals surface area (Å²) in [6.07, 6.45) is 5.35. The van der Waals surface area contributed by atoms with Gasteiger partial charge in [-0.3, -0.25) is 4.79 Å². The first-order chi connectivity index (χ1) is 14.0. The van der Waals surface area contributed by atoms with Crippen molar-refractivity contribution in [3.63, 3.8) is 0 Å². The average Bonchev–Trinajstić information content (AvgIpc) is 3.23. The first-order valence-corrected chi connectivity index (χ1v) is 9.30. The number of rotatable bonds is 6. The molecule has 1 aliphatic heterocycles. The molecule has 3 rings (SSSR count). The van der Waals surface area contributed by atoms with Crippen LogP contribution in [0.4, 0.5) is 11.4 Å². The highest BCUT2D eigenvalue weighted by molar-refractivity contribution is 6.27. The minimum absolute atomic E-state index is 0.0407. The zero-order chi connectivity index (χ0) is 21.1. The third-order valence-corrected chi connectivity index (χ3v) is 4.22. The molecule has 0 unspecified atom stereocenters. The largest absolute Gasteiger partial charge is 0.473 e. The van der Waals surface area contributed by atoms with Crippen molar-refractivity contribution < 1.29 is 29.0 Å². The maximum atomic E-state index is 12.2. The third kappa shape index (κ3) is 7.67. The van der Waals surface area contributed by atoms with Crippen LogP contribution in [-0.4, -0.2) is 47.7 Å². The number of carbonyl (C=O) groups excluding carboxylic acids is 1. The summed E-state index contributed by atoms with van der Waals surface area (Å²) in [4.78, 5) is 32.7. The van der Waals surface area contributed by atoms with E-state index in [1.165, 1.54) is 19.3 Å². The lowest BCUT2D eigenvalue weighted by Gasteiger charge is -2.30. The van der Waals surface area contributed by atoms with Gasteiger partial charge in [-0.05, 0) is 43.5 Å². The Bertz CT molecular complexity index is 788. The molecule has 0 bridgehead atoms. The number of benzene rings is 1. The Morgan fingerprint density at radius 3 is 2.28 bits per heavy atom. The minimum atomic E-state index is -1.82. The molecule has 0 saturated carbocycles. The summed E-state index contributed by atoms with van der Waals surface area (Å²) >= 11 is 0. The van der Waals surface area contributed by atoms with Gasteiger partial charge in [-0.1, -0.05) is 12.1 Å². The number of furan rings is 1. The second kappa shape index (κ2) is 11.5. The zero-order valence-electron chi connectivity index (χ0n) is 16.0. The number of aliphatic carboxylic acids is 2. The molecule has 2 aromatic rings. The van der Waals surface area contributed by atoms with E-state index in [2.05, 4.69) is 21.6 Å². The van der Waals surface area contributed by atoms with Crippen LogP contribution in [0.25, 0.3) is 0 Å². The summed E-state index contributed by atoms with van der Waals surface area (Å²) in [5, 5.41) is 20.9. The molecule has 0 radical (unpaired) electrons. The van der Waals surface area contributed by atoms with Crippen molar-refractivity contribution in [3.05, 3.63) is 48.4 Å². The molecule has 0 aliphatic carbocycles. The monoisotopic (exact) mass is 403 g/mol. The molecule has 1 saturated heterocycles. The van der Waals surface area contributed by atoms with Crippen LogP contribution in [0.2, 0.25) is 0 Å². The first-order valence-electron chi connectivity index (χ1n) is 9.30. The predicted molar refractivity (Wildman–Crippen MR) is 107 cm³/mol. The number of piperidine rings is 1. The van der Waals surface area contributed by atoms with Gasteiger partial charge in [0.1, 0.15) is 5.76 Å². The number of hydrogen-bond acceptors (Lipinski definition) is 6. The molecular formula is C20H25N3O6. The highest BCUT2D eigenvalue weighted by Crippen LogP contribution is 2.28. The minimum Gasteiger partial charge on any atom is -0.473 e. The van der Waals surface area contributed by atoms with E-state index >= 15 is 0 Å². The number of amides is 1. The van der Waals surface area contributed by atoms with Gasteiger partial charge in [0.25, 0.3) is 0 Å². The molecule has 9 heteroatoms. The summed E-state index contributed by atoms with van der Waals surface area (Å²) in [6.45, 7) is 2.93. The van der Waals surface area contributed by atoms with Crippen LogP contribution in [0.3, 0.4) is 0 Å². The van der Waals surface area contributed by atoms with Crippen molar-refractivity contribution in [1.82, 2.24) is 5.32 Å². The SMILES string of the molecule is O=C(CNCc1ccco1)Nc1ccccc1N1CCCCC1.O=C(O)C(=O)O. The van der Waals surface area contributed by atoms with Gasteiger partial charge in [0.2, 0.25) is 5.91 Å². The molecule has 9 nitrogen and oxygen atoms in total. The number of hydrogen-bond donors (Lipinski definition) is 4. The highest BCUT2D eigenvalue weighted by atomic mass is 16.4. The van der Waals surface area contributed by atoms with Crippen LogP contribution in [-0.2, 0) is 20.9 Å². The quantitative estimate of drug-likeness (QED) is 0.540. The third-order valence-electron chi connectivity index (χ3n) is 4.22. The summed E-state index contributed by atoms with van der Waals surface area (Å²) in [7, 11) is 0. The Kier molecular flexibility index (Phi) is 8.71. The van der Waals surface area contributed by atoms with E-state index in [0.717, 1.165) is 30.2 Å². The van der Waals surface area contributed by atoms with Gasteiger partial charge in [-0.15, -0.1) is 0 Å². The van der Waals surface area contributed by atoms with E-state index in [9.17, 15) is 4.79 Å². The fraction of sp³-hybridized carbons (Fsp3) is 0.350. The van der Waals surface area contributed by atoms with E-state index in [1.54, 1.807) is 6.26 Å². The lowest BCUT2D eigenvalue weighted by molar-refractivity contribution is -0.159. The van der Waals surface area contributed by atoms with Gasteiger partial charge >= 0.3 is 11.9 Å².